The molecule has 0 aromatic heterocycles. The molecule has 0 fully saturated rings. The quantitative estimate of drug-likeness (QED) is 0.220. The van der Waals surface area contributed by atoms with Gasteiger partial charge in [0.25, 0.3) is 6.79 Å². The third-order valence-corrected chi connectivity index (χ3v) is 0.288. The van der Waals surface area contributed by atoms with E-state index in [1.807, 2.05) is 0 Å². The summed E-state index contributed by atoms with van der Waals surface area (Å²) >= 11 is 0. The van der Waals surface area contributed by atoms with E-state index < -0.39 is 0 Å². The first kappa shape index (κ1) is 5.94. The highest BCUT2D eigenvalue weighted by Gasteiger charge is 1.71. The molecule has 0 spiro atoms. The van der Waals surface area contributed by atoms with E-state index in [4.69, 9.17) is 0 Å². The van der Waals surface area contributed by atoms with Gasteiger partial charge in [0.05, 0.1) is 0 Å². The van der Waals surface area contributed by atoms with Gasteiger partial charge < -0.3 is 9.68 Å². The molecule has 0 unspecified atom stereocenters. The Hall–Kier alpha value is -1.06. The Labute approximate surface area is 41.4 Å². The van der Waals surface area contributed by atoms with Crippen molar-refractivity contribution in [1.82, 2.24) is 0 Å². The summed E-state index contributed by atoms with van der Waals surface area (Å²) < 4.78 is 0. The van der Waals surface area contributed by atoms with Gasteiger partial charge in [0, 0.05) is 13.4 Å². The Morgan fingerprint density at radius 1 is 1.14 bits per heavy atom. The van der Waals surface area contributed by atoms with Crippen LogP contribution in [-0.4, -0.2) is 20.2 Å². The van der Waals surface area contributed by atoms with Crippen LogP contribution in [0.25, 0.3) is 0 Å². The van der Waals surface area contributed by atoms with E-state index in [-0.39, 0.29) is 6.79 Å². The molecule has 0 rings (SSSR count). The molecule has 0 aliphatic rings. The molecule has 4 heteroatoms. The van der Waals surface area contributed by atoms with Gasteiger partial charge >= 0.3 is 0 Å². The topological polar surface area (TPSA) is 43.2 Å². The second-order valence-corrected chi connectivity index (χ2v) is 0.634. The van der Waals surface area contributed by atoms with Crippen LogP contribution in [0.1, 0.15) is 0 Å². The predicted molar refractivity (Wildman–Crippen MR) is 26.1 cm³/mol. The van der Waals surface area contributed by atoms with Crippen LogP contribution in [0.2, 0.25) is 0 Å². The van der Waals surface area contributed by atoms with Crippen LogP contribution in [0.4, 0.5) is 0 Å². The van der Waals surface area contributed by atoms with E-state index in [2.05, 4.69) is 33.4 Å². The summed E-state index contributed by atoms with van der Waals surface area (Å²) in [5, 5.41) is 6.02. The molecule has 0 aromatic carbocycles. The van der Waals surface area contributed by atoms with Crippen molar-refractivity contribution in [3.8, 4) is 0 Å². The molecular formula is C3H6N2O2. The van der Waals surface area contributed by atoms with Crippen LogP contribution in [0.5, 0.6) is 0 Å². The maximum atomic E-state index is 4.23. The molecule has 7 heavy (non-hydrogen) atoms. The summed E-state index contributed by atoms with van der Waals surface area (Å²) in [4.78, 5) is 8.46. The predicted octanol–water partition coefficient (Wildman–Crippen LogP) is 0.208. The van der Waals surface area contributed by atoms with E-state index >= 15 is 0 Å². The summed E-state index contributed by atoms with van der Waals surface area (Å²) in [6.45, 7) is 6.02. The van der Waals surface area contributed by atoms with Gasteiger partial charge in [-0.15, -0.1) is 0 Å². The van der Waals surface area contributed by atoms with E-state index in [1.54, 1.807) is 0 Å². The molecule has 0 amide bonds. The van der Waals surface area contributed by atoms with Gasteiger partial charge in [-0.25, -0.2) is 0 Å². The van der Waals surface area contributed by atoms with Crippen molar-refractivity contribution in [3.63, 3.8) is 0 Å². The minimum absolute atomic E-state index is 0.0208. The van der Waals surface area contributed by atoms with Crippen molar-refractivity contribution in [2.24, 2.45) is 10.3 Å². The maximum absolute atomic E-state index is 4.23. The summed E-state index contributed by atoms with van der Waals surface area (Å²) in [6.07, 6.45) is 0. The minimum Gasteiger partial charge on any atom is -0.352 e. The minimum atomic E-state index is -0.0208. The summed E-state index contributed by atoms with van der Waals surface area (Å²) in [6, 6.07) is 0. The van der Waals surface area contributed by atoms with Gasteiger partial charge in [0.15, 0.2) is 0 Å². The fraction of sp³-hybridized carbons (Fsp3) is 0.333. The van der Waals surface area contributed by atoms with Gasteiger partial charge in [-0.3, -0.25) is 0 Å². The molecule has 0 saturated carbocycles. The monoisotopic (exact) mass is 102 g/mol. The van der Waals surface area contributed by atoms with Gasteiger partial charge in [-0.05, 0) is 0 Å². The molecule has 40 valence electrons. The van der Waals surface area contributed by atoms with E-state index in [9.17, 15) is 0 Å². The second kappa shape index (κ2) is 4.94. The normalized spacial score (nSPS) is 6.86. The zero-order valence-electron chi connectivity index (χ0n) is 3.83. The number of hydrogen-bond acceptors (Lipinski definition) is 4. The van der Waals surface area contributed by atoms with Crippen molar-refractivity contribution in [1.29, 1.82) is 0 Å². The Morgan fingerprint density at radius 2 is 1.57 bits per heavy atom. The van der Waals surface area contributed by atoms with Gasteiger partial charge in [0.2, 0.25) is 0 Å². The number of nitrogens with zero attached hydrogens (tertiary/aromatic N) is 2. The van der Waals surface area contributed by atoms with Gasteiger partial charge in [-0.2, -0.15) is 0 Å². The van der Waals surface area contributed by atoms with E-state index in [0.29, 0.717) is 0 Å². The molecule has 0 bridgehead atoms. The van der Waals surface area contributed by atoms with E-state index in [0.717, 1.165) is 0 Å². The zero-order chi connectivity index (χ0) is 5.54. The fourth-order valence-corrected chi connectivity index (χ4v) is 0.0981. The maximum Gasteiger partial charge on any atom is 0.280 e. The van der Waals surface area contributed by atoms with Crippen molar-refractivity contribution in [2.75, 3.05) is 6.79 Å². The van der Waals surface area contributed by atoms with Gasteiger partial charge in [-0.1, -0.05) is 10.3 Å². The molecule has 0 aliphatic carbocycles. The lowest BCUT2D eigenvalue weighted by Gasteiger charge is -1.91. The molecule has 0 aliphatic heterocycles. The first-order chi connectivity index (χ1) is 3.41. The molecule has 0 atom stereocenters. The highest BCUT2D eigenvalue weighted by molar-refractivity contribution is 5.21. The lowest BCUT2D eigenvalue weighted by molar-refractivity contribution is -0.0485. The Balaban J connectivity index is 2.68. The van der Waals surface area contributed by atoms with Crippen LogP contribution >= 0.6 is 0 Å². The lowest BCUT2D eigenvalue weighted by atomic mass is 11.5. The van der Waals surface area contributed by atoms with Gasteiger partial charge in [0.1, 0.15) is 0 Å². The van der Waals surface area contributed by atoms with Crippen LogP contribution in [0.3, 0.4) is 0 Å². The third-order valence-electron chi connectivity index (χ3n) is 0.288. The summed E-state index contributed by atoms with van der Waals surface area (Å²) in [5.41, 5.74) is 0. The highest BCUT2D eigenvalue weighted by Crippen LogP contribution is 1.74. The largest absolute Gasteiger partial charge is 0.352 e. The van der Waals surface area contributed by atoms with Crippen LogP contribution < -0.4 is 0 Å². The Kier molecular flexibility index (Phi) is 4.19. The van der Waals surface area contributed by atoms with Crippen molar-refractivity contribution < 1.29 is 9.68 Å². The SMILES string of the molecule is C=NOCON=C. The Morgan fingerprint density at radius 3 is 1.86 bits per heavy atom. The van der Waals surface area contributed by atoms with Crippen molar-refractivity contribution >= 4 is 13.4 Å². The number of hydrogen-bond donors (Lipinski definition) is 0. The fourth-order valence-electron chi connectivity index (χ4n) is 0.0981. The lowest BCUT2D eigenvalue weighted by Crippen LogP contribution is -1.86. The second-order valence-electron chi connectivity index (χ2n) is 0.634. The van der Waals surface area contributed by atoms with Crippen LogP contribution in [0, 0.1) is 0 Å². The molecule has 0 aromatic rings. The first-order valence-corrected chi connectivity index (χ1v) is 1.57. The molecule has 0 saturated heterocycles. The zero-order valence-corrected chi connectivity index (χ0v) is 3.83. The standard InChI is InChI=1S/C3H6N2O2/c1-4-6-3-7-5-2/h1-3H2. The number of rotatable bonds is 4. The van der Waals surface area contributed by atoms with Crippen molar-refractivity contribution in [2.45, 2.75) is 0 Å². The van der Waals surface area contributed by atoms with E-state index in [1.165, 1.54) is 0 Å². The molecular weight excluding hydrogens is 96.0 g/mol. The number of oxime groups is 2. The summed E-state index contributed by atoms with van der Waals surface area (Å²) in [7, 11) is 0. The Bertz CT molecular complexity index is 56.0. The highest BCUT2D eigenvalue weighted by atomic mass is 16.8. The van der Waals surface area contributed by atoms with Crippen molar-refractivity contribution in [3.05, 3.63) is 0 Å². The average molecular weight is 102 g/mol. The van der Waals surface area contributed by atoms with Crippen LogP contribution in [-0.2, 0) is 9.68 Å². The first-order valence-electron chi connectivity index (χ1n) is 1.57. The molecule has 0 radical (unpaired) electrons. The van der Waals surface area contributed by atoms with Crippen LogP contribution in [0.15, 0.2) is 10.3 Å². The third kappa shape index (κ3) is 4.94. The smallest absolute Gasteiger partial charge is 0.280 e. The molecule has 4 nitrogen and oxygen atoms in total. The average Bonchev–Trinajstić information content (AvgIpc) is 1.69. The summed E-state index contributed by atoms with van der Waals surface area (Å²) in [5.74, 6) is 0. The molecule has 0 heterocycles. The molecule has 0 N–H and O–H groups in total.